The Morgan fingerprint density at radius 1 is 1.00 bits per heavy atom. The van der Waals surface area contributed by atoms with Crippen molar-refractivity contribution in [3.63, 3.8) is 0 Å². The highest BCUT2D eigenvalue weighted by atomic mass is 16.5. The first-order valence-electron chi connectivity index (χ1n) is 7.57. The Morgan fingerprint density at radius 2 is 1.79 bits per heavy atom. The van der Waals surface area contributed by atoms with Crippen molar-refractivity contribution in [1.82, 2.24) is 10.3 Å². The maximum absolute atomic E-state index is 12.5. The standard InChI is InChI=1S/C19H18N2O3/c1-23-17-11-10-16(19(21-17)24-2)18(22)20-12-14-8-5-7-13-6-3-4-9-15(13)14/h3-11H,12H2,1-2H3,(H,20,22). The molecule has 24 heavy (non-hydrogen) atoms. The minimum atomic E-state index is -0.241. The zero-order valence-electron chi connectivity index (χ0n) is 13.6. The molecule has 1 aromatic heterocycles. The van der Waals surface area contributed by atoms with Gasteiger partial charge in [0.05, 0.1) is 14.2 Å². The Balaban J connectivity index is 1.80. The zero-order chi connectivity index (χ0) is 16.9. The van der Waals surface area contributed by atoms with Crippen LogP contribution < -0.4 is 14.8 Å². The van der Waals surface area contributed by atoms with Crippen molar-refractivity contribution in [2.24, 2.45) is 0 Å². The molecule has 3 rings (SSSR count). The van der Waals surface area contributed by atoms with Gasteiger partial charge < -0.3 is 14.8 Å². The summed E-state index contributed by atoms with van der Waals surface area (Å²) in [6.07, 6.45) is 0. The fourth-order valence-corrected chi connectivity index (χ4v) is 2.58. The SMILES string of the molecule is COc1ccc(C(=O)NCc2cccc3ccccc23)c(OC)n1. The third-order valence-corrected chi connectivity index (χ3v) is 3.80. The number of ether oxygens (including phenoxy) is 2. The van der Waals surface area contributed by atoms with Crippen LogP contribution in [-0.2, 0) is 6.54 Å². The van der Waals surface area contributed by atoms with Gasteiger partial charge in [-0.3, -0.25) is 4.79 Å². The van der Waals surface area contributed by atoms with Crippen LogP contribution in [0.5, 0.6) is 11.8 Å². The summed E-state index contributed by atoms with van der Waals surface area (Å²) in [6.45, 7) is 0.426. The molecular formula is C19H18N2O3. The minimum Gasteiger partial charge on any atom is -0.481 e. The smallest absolute Gasteiger partial charge is 0.257 e. The molecule has 0 unspecified atom stereocenters. The summed E-state index contributed by atoms with van der Waals surface area (Å²) in [5.41, 5.74) is 1.43. The van der Waals surface area contributed by atoms with Crippen molar-refractivity contribution in [1.29, 1.82) is 0 Å². The maximum atomic E-state index is 12.5. The Kier molecular flexibility index (Phi) is 4.61. The molecule has 0 spiro atoms. The van der Waals surface area contributed by atoms with E-state index < -0.39 is 0 Å². The monoisotopic (exact) mass is 322 g/mol. The van der Waals surface area contributed by atoms with Gasteiger partial charge in [-0.05, 0) is 22.4 Å². The third-order valence-electron chi connectivity index (χ3n) is 3.80. The van der Waals surface area contributed by atoms with Crippen molar-refractivity contribution in [3.8, 4) is 11.8 Å². The maximum Gasteiger partial charge on any atom is 0.257 e. The number of fused-ring (bicyclic) bond motifs is 1. The molecule has 1 heterocycles. The Hall–Kier alpha value is -3.08. The van der Waals surface area contributed by atoms with E-state index in [1.165, 1.54) is 14.2 Å². The van der Waals surface area contributed by atoms with Crippen molar-refractivity contribution < 1.29 is 14.3 Å². The van der Waals surface area contributed by atoms with E-state index in [9.17, 15) is 4.79 Å². The predicted octanol–water partition coefficient (Wildman–Crippen LogP) is 3.18. The molecule has 1 amide bonds. The number of nitrogens with one attached hydrogen (secondary N) is 1. The number of aromatic nitrogens is 1. The van der Waals surface area contributed by atoms with Crippen LogP contribution in [-0.4, -0.2) is 25.1 Å². The molecule has 1 N–H and O–H groups in total. The zero-order valence-corrected chi connectivity index (χ0v) is 13.6. The third kappa shape index (κ3) is 3.15. The molecular weight excluding hydrogens is 304 g/mol. The molecule has 5 heteroatoms. The molecule has 5 nitrogen and oxygen atoms in total. The van der Waals surface area contributed by atoms with E-state index in [0.717, 1.165) is 16.3 Å². The summed E-state index contributed by atoms with van der Waals surface area (Å²) in [7, 11) is 2.99. The topological polar surface area (TPSA) is 60.5 Å². The molecule has 0 aliphatic carbocycles. The van der Waals surface area contributed by atoms with Crippen LogP contribution in [0, 0.1) is 0 Å². The number of benzene rings is 2. The Bertz CT molecular complexity index is 872. The van der Waals surface area contributed by atoms with Crippen LogP contribution in [0.2, 0.25) is 0 Å². The normalized spacial score (nSPS) is 10.4. The van der Waals surface area contributed by atoms with Crippen LogP contribution in [0.3, 0.4) is 0 Å². The molecule has 0 radical (unpaired) electrons. The van der Waals surface area contributed by atoms with Gasteiger partial charge in [0.2, 0.25) is 11.8 Å². The van der Waals surface area contributed by atoms with Crippen molar-refractivity contribution >= 4 is 16.7 Å². The van der Waals surface area contributed by atoms with E-state index in [-0.39, 0.29) is 11.8 Å². The van der Waals surface area contributed by atoms with Crippen LogP contribution in [0.25, 0.3) is 10.8 Å². The van der Waals surface area contributed by atoms with E-state index >= 15 is 0 Å². The summed E-state index contributed by atoms with van der Waals surface area (Å²) in [5, 5.41) is 5.19. The van der Waals surface area contributed by atoms with E-state index in [1.54, 1.807) is 12.1 Å². The second-order valence-corrected chi connectivity index (χ2v) is 5.23. The second kappa shape index (κ2) is 7.00. The summed E-state index contributed by atoms with van der Waals surface area (Å²) in [5.74, 6) is 0.400. The second-order valence-electron chi connectivity index (χ2n) is 5.23. The van der Waals surface area contributed by atoms with Crippen LogP contribution in [0.1, 0.15) is 15.9 Å². The molecule has 0 bridgehead atoms. The average Bonchev–Trinajstić information content (AvgIpc) is 2.65. The number of pyridine rings is 1. The van der Waals surface area contributed by atoms with Gasteiger partial charge in [0.15, 0.2) is 0 Å². The van der Waals surface area contributed by atoms with Crippen LogP contribution in [0.15, 0.2) is 54.6 Å². The van der Waals surface area contributed by atoms with Gasteiger partial charge in [0.25, 0.3) is 5.91 Å². The van der Waals surface area contributed by atoms with E-state index in [4.69, 9.17) is 9.47 Å². The highest BCUT2D eigenvalue weighted by Crippen LogP contribution is 2.21. The van der Waals surface area contributed by atoms with E-state index in [2.05, 4.69) is 22.4 Å². The van der Waals surface area contributed by atoms with Crippen molar-refractivity contribution in [3.05, 3.63) is 65.7 Å². The minimum absolute atomic E-state index is 0.241. The summed E-state index contributed by atoms with van der Waals surface area (Å²) < 4.78 is 10.2. The van der Waals surface area contributed by atoms with Crippen molar-refractivity contribution in [2.75, 3.05) is 14.2 Å². The lowest BCUT2D eigenvalue weighted by atomic mass is 10.0. The number of hydrogen-bond donors (Lipinski definition) is 1. The van der Waals surface area contributed by atoms with Gasteiger partial charge in [-0.1, -0.05) is 42.5 Å². The van der Waals surface area contributed by atoms with Gasteiger partial charge in [-0.15, -0.1) is 0 Å². The number of methoxy groups -OCH3 is 2. The van der Waals surface area contributed by atoms with E-state index in [1.807, 2.05) is 30.3 Å². The summed E-state index contributed by atoms with van der Waals surface area (Å²) in [4.78, 5) is 16.6. The van der Waals surface area contributed by atoms with Gasteiger partial charge >= 0.3 is 0 Å². The molecule has 0 fully saturated rings. The average molecular weight is 322 g/mol. The number of carbonyl (C=O) groups excluding carboxylic acids is 1. The lowest BCUT2D eigenvalue weighted by molar-refractivity contribution is 0.0947. The lowest BCUT2D eigenvalue weighted by Gasteiger charge is -2.11. The molecule has 3 aromatic rings. The molecule has 0 saturated carbocycles. The predicted molar refractivity (Wildman–Crippen MR) is 92.5 cm³/mol. The first-order valence-corrected chi connectivity index (χ1v) is 7.57. The van der Waals surface area contributed by atoms with Gasteiger partial charge in [-0.25, -0.2) is 0 Å². The Morgan fingerprint density at radius 3 is 2.58 bits per heavy atom. The van der Waals surface area contributed by atoms with Crippen LogP contribution >= 0.6 is 0 Å². The highest BCUT2D eigenvalue weighted by Gasteiger charge is 2.14. The van der Waals surface area contributed by atoms with Crippen molar-refractivity contribution in [2.45, 2.75) is 6.54 Å². The fraction of sp³-hybridized carbons (Fsp3) is 0.158. The lowest BCUT2D eigenvalue weighted by Crippen LogP contribution is -2.23. The summed E-state index contributed by atoms with van der Waals surface area (Å²) >= 11 is 0. The molecule has 0 saturated heterocycles. The first kappa shape index (κ1) is 15.8. The fourth-order valence-electron chi connectivity index (χ4n) is 2.58. The summed E-state index contributed by atoms with van der Waals surface area (Å²) in [6, 6.07) is 17.4. The number of rotatable bonds is 5. The highest BCUT2D eigenvalue weighted by molar-refractivity contribution is 5.96. The van der Waals surface area contributed by atoms with E-state index in [0.29, 0.717) is 18.0 Å². The van der Waals surface area contributed by atoms with Gasteiger partial charge in [0.1, 0.15) is 5.56 Å². The van der Waals surface area contributed by atoms with Gasteiger partial charge in [-0.2, -0.15) is 4.98 Å². The van der Waals surface area contributed by atoms with Gasteiger partial charge in [0, 0.05) is 12.6 Å². The Labute approximate surface area is 140 Å². The molecule has 0 aliphatic heterocycles. The molecule has 122 valence electrons. The quantitative estimate of drug-likeness (QED) is 0.784. The number of nitrogens with zero attached hydrogens (tertiary/aromatic N) is 1. The number of amides is 1. The molecule has 0 atom stereocenters. The molecule has 2 aromatic carbocycles. The van der Waals surface area contributed by atoms with Crippen LogP contribution in [0.4, 0.5) is 0 Å². The first-order chi connectivity index (χ1) is 11.7. The number of carbonyl (C=O) groups is 1. The largest absolute Gasteiger partial charge is 0.481 e. The number of hydrogen-bond acceptors (Lipinski definition) is 4. The molecule has 0 aliphatic rings.